The third-order valence-corrected chi connectivity index (χ3v) is 4.92. The second-order valence-electron chi connectivity index (χ2n) is 6.05. The molecule has 0 aliphatic carbocycles. The molecule has 2 rings (SSSR count). The zero-order valence-electron chi connectivity index (χ0n) is 15.3. The van der Waals surface area contributed by atoms with Gasteiger partial charge in [0.15, 0.2) is 0 Å². The van der Waals surface area contributed by atoms with E-state index >= 15 is 0 Å². The minimum Gasteiger partial charge on any atom is -0.321 e. The number of hydrogen-bond donors (Lipinski definition) is 2. The van der Waals surface area contributed by atoms with Crippen LogP contribution in [0.3, 0.4) is 0 Å². The third kappa shape index (κ3) is 6.83. The van der Waals surface area contributed by atoms with E-state index in [-0.39, 0.29) is 18.7 Å². The van der Waals surface area contributed by atoms with Gasteiger partial charge >= 0.3 is 13.8 Å². The van der Waals surface area contributed by atoms with Crippen molar-refractivity contribution < 1.29 is 37.2 Å². The summed E-state index contributed by atoms with van der Waals surface area (Å²) in [5.41, 5.74) is -0.249. The quantitative estimate of drug-likeness (QED) is 0.509. The third-order valence-electron chi connectivity index (χ3n) is 3.85. The zero-order valence-corrected chi connectivity index (χ0v) is 16.2. The SMILES string of the molecule is CC(=O)N(C/C=C(/c1ccc(C(F)(F)F)cc1)P(=O)(O)O)OCc1ccccc1. The van der Waals surface area contributed by atoms with E-state index < -0.39 is 30.6 Å². The Kier molecular flexibility index (Phi) is 7.37. The van der Waals surface area contributed by atoms with Gasteiger partial charge in [0, 0.05) is 6.92 Å². The van der Waals surface area contributed by atoms with Crippen LogP contribution >= 0.6 is 7.60 Å². The van der Waals surface area contributed by atoms with E-state index in [1.165, 1.54) is 6.92 Å². The molecule has 1 amide bonds. The molecule has 0 bridgehead atoms. The Bertz CT molecular complexity index is 908. The van der Waals surface area contributed by atoms with Gasteiger partial charge in [0.1, 0.15) is 6.61 Å². The second kappa shape index (κ2) is 9.37. The summed E-state index contributed by atoms with van der Waals surface area (Å²) in [5, 5.41) is 0.410. The number of carbonyl (C=O) groups is 1. The topological polar surface area (TPSA) is 87.1 Å². The minimum atomic E-state index is -4.83. The molecule has 2 aromatic carbocycles. The molecule has 2 N–H and O–H groups in total. The molecule has 0 radical (unpaired) electrons. The highest BCUT2D eigenvalue weighted by molar-refractivity contribution is 7.63. The fourth-order valence-electron chi connectivity index (χ4n) is 2.40. The average molecular weight is 429 g/mol. The summed E-state index contributed by atoms with van der Waals surface area (Å²) in [4.78, 5) is 36.4. The maximum absolute atomic E-state index is 12.7. The molecule has 0 atom stereocenters. The van der Waals surface area contributed by atoms with Crippen LogP contribution in [0.5, 0.6) is 0 Å². The largest absolute Gasteiger partial charge is 0.416 e. The fourth-order valence-corrected chi connectivity index (χ4v) is 3.21. The molecule has 0 aliphatic rings. The lowest BCUT2D eigenvalue weighted by molar-refractivity contribution is -0.185. The Labute approximate surface area is 165 Å². The van der Waals surface area contributed by atoms with Gasteiger partial charge < -0.3 is 9.79 Å². The number of alkyl halides is 3. The molecule has 0 unspecified atom stereocenters. The molecular weight excluding hydrogens is 410 g/mol. The average Bonchev–Trinajstić information content (AvgIpc) is 2.63. The Morgan fingerprint density at radius 2 is 1.69 bits per heavy atom. The van der Waals surface area contributed by atoms with Crippen LogP contribution in [0.1, 0.15) is 23.6 Å². The molecule has 0 fully saturated rings. The molecule has 0 saturated carbocycles. The molecule has 6 nitrogen and oxygen atoms in total. The van der Waals surface area contributed by atoms with Crippen LogP contribution in [0.2, 0.25) is 0 Å². The highest BCUT2D eigenvalue weighted by Gasteiger charge is 2.31. The van der Waals surface area contributed by atoms with E-state index in [0.717, 1.165) is 41.0 Å². The Morgan fingerprint density at radius 3 is 2.17 bits per heavy atom. The number of rotatable bonds is 7. The second-order valence-corrected chi connectivity index (χ2v) is 7.62. The summed E-state index contributed by atoms with van der Waals surface area (Å²) in [6.45, 7) is 0.970. The van der Waals surface area contributed by atoms with Gasteiger partial charge in [-0.15, -0.1) is 0 Å². The summed E-state index contributed by atoms with van der Waals surface area (Å²) >= 11 is 0. The van der Waals surface area contributed by atoms with E-state index in [2.05, 4.69) is 0 Å². The van der Waals surface area contributed by atoms with Gasteiger partial charge in [0.05, 0.1) is 17.4 Å². The van der Waals surface area contributed by atoms with Crippen molar-refractivity contribution in [3.8, 4) is 0 Å². The Balaban J connectivity index is 2.22. The lowest BCUT2D eigenvalue weighted by Crippen LogP contribution is -2.29. The van der Waals surface area contributed by atoms with Gasteiger partial charge in [0.25, 0.3) is 0 Å². The Morgan fingerprint density at radius 1 is 1.10 bits per heavy atom. The molecule has 156 valence electrons. The smallest absolute Gasteiger partial charge is 0.321 e. The minimum absolute atomic E-state index is 0.0553. The number of halogens is 3. The number of nitrogens with zero attached hydrogens (tertiary/aromatic N) is 1. The lowest BCUT2D eigenvalue weighted by Gasteiger charge is -2.20. The van der Waals surface area contributed by atoms with Crippen LogP contribution in [0, 0.1) is 0 Å². The van der Waals surface area contributed by atoms with E-state index in [1.54, 1.807) is 24.3 Å². The van der Waals surface area contributed by atoms with Gasteiger partial charge in [-0.1, -0.05) is 42.5 Å². The number of benzene rings is 2. The normalized spacial score (nSPS) is 12.7. The first-order valence-electron chi connectivity index (χ1n) is 8.37. The van der Waals surface area contributed by atoms with E-state index in [4.69, 9.17) is 4.84 Å². The molecular formula is C19H19F3NO5P. The molecule has 29 heavy (non-hydrogen) atoms. The number of hydroxylamine groups is 2. The molecule has 0 spiro atoms. The molecule has 10 heteroatoms. The number of amides is 1. The van der Waals surface area contributed by atoms with Crippen LogP contribution in [-0.2, 0) is 27.0 Å². The van der Waals surface area contributed by atoms with Crippen molar-refractivity contribution in [1.82, 2.24) is 5.06 Å². The Hall–Kier alpha value is -2.45. The van der Waals surface area contributed by atoms with E-state index in [9.17, 15) is 32.3 Å². The van der Waals surface area contributed by atoms with Gasteiger partial charge in [-0.2, -0.15) is 13.2 Å². The van der Waals surface area contributed by atoms with Crippen LogP contribution in [0.4, 0.5) is 13.2 Å². The molecule has 0 aliphatic heterocycles. The molecule has 0 saturated heterocycles. The van der Waals surface area contributed by atoms with Crippen molar-refractivity contribution in [2.24, 2.45) is 0 Å². The predicted molar refractivity (Wildman–Crippen MR) is 100 cm³/mol. The predicted octanol–water partition coefficient (Wildman–Crippen LogP) is 4.20. The lowest BCUT2D eigenvalue weighted by atomic mass is 10.1. The highest BCUT2D eigenvalue weighted by atomic mass is 31.2. The fraction of sp³-hybridized carbons (Fsp3) is 0.211. The summed E-state index contributed by atoms with van der Waals surface area (Å²) < 4.78 is 49.9. The number of hydrogen-bond acceptors (Lipinski definition) is 3. The molecule has 0 aromatic heterocycles. The van der Waals surface area contributed by atoms with Crippen molar-refractivity contribution in [1.29, 1.82) is 0 Å². The molecule has 2 aromatic rings. The maximum Gasteiger partial charge on any atom is 0.416 e. The van der Waals surface area contributed by atoms with Crippen LogP contribution in [0.25, 0.3) is 5.31 Å². The summed E-state index contributed by atoms with van der Waals surface area (Å²) in [6.07, 6.45) is -3.50. The van der Waals surface area contributed by atoms with Gasteiger partial charge in [-0.05, 0) is 29.3 Å². The van der Waals surface area contributed by atoms with Crippen LogP contribution in [-0.4, -0.2) is 27.3 Å². The van der Waals surface area contributed by atoms with Crippen LogP contribution in [0.15, 0.2) is 60.7 Å². The van der Waals surface area contributed by atoms with Gasteiger partial charge in [-0.25, -0.2) is 5.06 Å². The van der Waals surface area contributed by atoms with Crippen molar-refractivity contribution in [2.75, 3.05) is 6.54 Å². The number of carbonyl (C=O) groups excluding carboxylic acids is 1. The van der Waals surface area contributed by atoms with Crippen molar-refractivity contribution in [3.63, 3.8) is 0 Å². The van der Waals surface area contributed by atoms with E-state index in [0.29, 0.717) is 0 Å². The van der Waals surface area contributed by atoms with E-state index in [1.807, 2.05) is 6.07 Å². The molecule has 0 heterocycles. The first-order valence-corrected chi connectivity index (χ1v) is 9.98. The highest BCUT2D eigenvalue weighted by Crippen LogP contribution is 2.51. The van der Waals surface area contributed by atoms with Gasteiger partial charge in [0.2, 0.25) is 5.91 Å². The van der Waals surface area contributed by atoms with Crippen molar-refractivity contribution in [2.45, 2.75) is 19.7 Å². The first kappa shape index (κ1) is 22.8. The summed E-state index contributed by atoms with van der Waals surface area (Å²) in [6, 6.07) is 12.3. The van der Waals surface area contributed by atoms with Crippen molar-refractivity contribution >= 4 is 18.8 Å². The summed E-state index contributed by atoms with van der Waals surface area (Å²) in [5.74, 6) is -0.505. The maximum atomic E-state index is 12.7. The summed E-state index contributed by atoms with van der Waals surface area (Å²) in [7, 11) is -4.83. The van der Waals surface area contributed by atoms with Crippen LogP contribution < -0.4 is 0 Å². The first-order chi connectivity index (χ1) is 13.5. The standard InChI is InChI=1S/C19H19F3NO5P/c1-14(24)23(28-13-15-5-3-2-4-6-15)12-11-18(29(25,26)27)16-7-9-17(10-8-16)19(20,21)22/h2-11H,12-13H2,1H3,(H2,25,26,27)/b18-11-. The monoisotopic (exact) mass is 429 g/mol. The van der Waals surface area contributed by atoms with Crippen molar-refractivity contribution in [3.05, 3.63) is 77.4 Å². The zero-order chi connectivity index (χ0) is 21.7. The van der Waals surface area contributed by atoms with Gasteiger partial charge in [-0.3, -0.25) is 14.2 Å².